The first kappa shape index (κ1) is 9.65. The highest BCUT2D eigenvalue weighted by Gasteiger charge is 2.04. The number of pyridine rings is 1. The number of hydrogen-bond acceptors (Lipinski definition) is 1. The van der Waals surface area contributed by atoms with Crippen molar-refractivity contribution in [1.82, 2.24) is 4.57 Å². The van der Waals surface area contributed by atoms with Gasteiger partial charge in [-0.15, -0.1) is 0 Å². The molecule has 3 nitrogen and oxygen atoms in total. The molecule has 0 bridgehead atoms. The number of aromatic nitrogens is 1. The van der Waals surface area contributed by atoms with Gasteiger partial charge in [-0.1, -0.05) is 6.07 Å². The second kappa shape index (κ2) is 3.69. The summed E-state index contributed by atoms with van der Waals surface area (Å²) in [4.78, 5) is 14.9. The van der Waals surface area contributed by atoms with E-state index < -0.39 is 0 Å². The van der Waals surface area contributed by atoms with Crippen molar-refractivity contribution in [3.63, 3.8) is 0 Å². The highest BCUT2D eigenvalue weighted by Crippen LogP contribution is 2.15. The van der Waals surface area contributed by atoms with Gasteiger partial charge in [-0.2, -0.15) is 0 Å². The Morgan fingerprint density at radius 3 is 2.80 bits per heavy atom. The van der Waals surface area contributed by atoms with Crippen molar-refractivity contribution in [2.45, 2.75) is 6.92 Å². The zero-order valence-electron chi connectivity index (χ0n) is 8.77. The molecule has 0 radical (unpaired) electrons. The van der Waals surface area contributed by atoms with Gasteiger partial charge in [0.15, 0.2) is 0 Å². The lowest BCUT2D eigenvalue weighted by Gasteiger charge is -2.10. The van der Waals surface area contributed by atoms with Crippen molar-refractivity contribution in [2.24, 2.45) is 12.0 Å². The van der Waals surface area contributed by atoms with Gasteiger partial charge in [0.2, 0.25) is 5.91 Å². The van der Waals surface area contributed by atoms with Crippen LogP contribution in [0, 0.1) is 0 Å². The van der Waals surface area contributed by atoms with Gasteiger partial charge < -0.3 is 4.57 Å². The molecule has 2 rings (SSSR count). The highest BCUT2D eigenvalue weighted by atomic mass is 16.1. The molecule has 1 amide bonds. The minimum absolute atomic E-state index is 0.172. The molecule has 1 heterocycles. The molecule has 0 saturated heterocycles. The fourth-order valence-electron chi connectivity index (χ4n) is 1.64. The number of carbonyl (C=O) groups is 1. The minimum atomic E-state index is -0.172. The summed E-state index contributed by atoms with van der Waals surface area (Å²) in [6.07, 6.45) is 1.97. The fraction of sp³-hybridized carbons (Fsp3) is 0.167. The van der Waals surface area contributed by atoms with Gasteiger partial charge in [0.1, 0.15) is 0 Å². The number of fused-ring (bicyclic) bond motifs is 1. The van der Waals surface area contributed by atoms with Crippen LogP contribution in [0.2, 0.25) is 0 Å². The second-order valence-electron chi connectivity index (χ2n) is 3.46. The molecule has 3 heteroatoms. The zero-order valence-corrected chi connectivity index (χ0v) is 8.77. The van der Waals surface area contributed by atoms with Crippen LogP contribution in [0.15, 0.2) is 41.5 Å². The van der Waals surface area contributed by atoms with Crippen LogP contribution < -0.4 is 5.36 Å². The maximum absolute atomic E-state index is 11.0. The number of nitrogens with zero attached hydrogens (tertiary/aromatic N) is 2. The predicted octanol–water partition coefficient (Wildman–Crippen LogP) is 1.58. The van der Waals surface area contributed by atoms with Gasteiger partial charge in [-0.3, -0.25) is 4.79 Å². The number of aryl methyl sites for hydroxylation is 1. The molecule has 0 aromatic rings. The van der Waals surface area contributed by atoms with Crippen molar-refractivity contribution in [1.29, 1.82) is 0 Å². The lowest BCUT2D eigenvalue weighted by Crippen LogP contribution is -2.11. The second-order valence-corrected chi connectivity index (χ2v) is 3.46. The van der Waals surface area contributed by atoms with Crippen LogP contribution >= 0.6 is 0 Å². The zero-order chi connectivity index (χ0) is 10.8. The van der Waals surface area contributed by atoms with Crippen LogP contribution in [-0.2, 0) is 11.8 Å². The van der Waals surface area contributed by atoms with E-state index in [1.165, 1.54) is 6.92 Å². The lowest BCUT2D eigenvalue weighted by atomic mass is 10.1. The minimum Gasteiger partial charge on any atom is -0.351 e. The summed E-state index contributed by atoms with van der Waals surface area (Å²) >= 11 is 0. The number of hydrogen-bond donors (Lipinski definition) is 0. The van der Waals surface area contributed by atoms with Gasteiger partial charge in [0.05, 0.1) is 5.36 Å². The summed E-state index contributed by atoms with van der Waals surface area (Å²) < 4.78 is 2.01. The van der Waals surface area contributed by atoms with Gasteiger partial charge in [0.25, 0.3) is 0 Å². The van der Waals surface area contributed by atoms with Crippen LogP contribution in [-0.4, -0.2) is 10.5 Å². The average Bonchev–Trinajstić information content (AvgIpc) is 2.19. The quantitative estimate of drug-likeness (QED) is 0.635. The Morgan fingerprint density at radius 1 is 1.27 bits per heavy atom. The van der Waals surface area contributed by atoms with Gasteiger partial charge in [0, 0.05) is 31.4 Å². The Balaban J connectivity index is 2.79. The molecule has 0 aromatic heterocycles. The molecule has 0 fully saturated rings. The number of benzene rings is 1. The molecule has 1 aliphatic heterocycles. The fourth-order valence-corrected chi connectivity index (χ4v) is 1.64. The van der Waals surface area contributed by atoms with E-state index in [0.29, 0.717) is 0 Å². The van der Waals surface area contributed by atoms with Crippen molar-refractivity contribution in [3.05, 3.63) is 41.9 Å². The van der Waals surface area contributed by atoms with E-state index in [4.69, 9.17) is 0 Å². The predicted molar refractivity (Wildman–Crippen MR) is 58.3 cm³/mol. The average molecular weight is 200 g/mol. The summed E-state index contributed by atoms with van der Waals surface area (Å²) in [6.45, 7) is 1.46. The maximum atomic E-state index is 11.0. The third-order valence-electron chi connectivity index (χ3n) is 2.29. The van der Waals surface area contributed by atoms with E-state index in [1.807, 2.05) is 48.1 Å². The molecule has 15 heavy (non-hydrogen) atoms. The van der Waals surface area contributed by atoms with Crippen molar-refractivity contribution < 1.29 is 4.79 Å². The molecular weight excluding hydrogens is 188 g/mol. The first-order valence-electron chi connectivity index (χ1n) is 4.78. The van der Waals surface area contributed by atoms with Crippen LogP contribution in [0.1, 0.15) is 6.92 Å². The third kappa shape index (κ3) is 1.81. The number of amides is 1. The molecule has 0 N–H and O–H groups in total. The van der Waals surface area contributed by atoms with Gasteiger partial charge >= 0.3 is 0 Å². The lowest BCUT2D eigenvalue weighted by molar-refractivity contribution is -0.116. The molecule has 76 valence electrons. The number of carbonyl (C=O) groups excluding carboxylic acids is 1. The highest BCUT2D eigenvalue weighted by molar-refractivity contribution is 5.75. The summed E-state index contributed by atoms with van der Waals surface area (Å²) in [5.41, 5.74) is 2.07. The standard InChI is InChI=1S/C12H12N2O/c1-9(15)13-11-6-3-7-12-10(11)5-4-8-14(12)2/h3-8H,1-2H3. The first-order valence-corrected chi connectivity index (χ1v) is 4.78. The Kier molecular flexibility index (Phi) is 2.37. The smallest absolute Gasteiger partial charge is 0.243 e. The van der Waals surface area contributed by atoms with E-state index in [1.54, 1.807) is 0 Å². The van der Waals surface area contributed by atoms with Crippen molar-refractivity contribution >= 4 is 5.91 Å². The van der Waals surface area contributed by atoms with Crippen LogP contribution in [0.3, 0.4) is 0 Å². The van der Waals surface area contributed by atoms with Gasteiger partial charge in [-0.05, 0) is 24.3 Å². The van der Waals surface area contributed by atoms with E-state index in [9.17, 15) is 4.79 Å². The normalized spacial score (nSPS) is 12.0. The molecule has 0 atom stereocenters. The Labute approximate surface area is 88.0 Å². The summed E-state index contributed by atoms with van der Waals surface area (Å²) in [5.74, 6) is -0.172. The topological polar surface area (TPSA) is 34.4 Å². The molecule has 1 aliphatic carbocycles. The first-order chi connectivity index (χ1) is 7.18. The molecule has 2 aliphatic rings. The van der Waals surface area contributed by atoms with Crippen LogP contribution in [0.5, 0.6) is 0 Å². The maximum Gasteiger partial charge on any atom is 0.243 e. The van der Waals surface area contributed by atoms with E-state index in [-0.39, 0.29) is 5.91 Å². The Bertz CT molecular complexity index is 540. The number of rotatable bonds is 0. The molecule has 0 unspecified atom stereocenters. The molecule has 0 saturated carbocycles. The van der Waals surface area contributed by atoms with E-state index in [0.717, 1.165) is 16.6 Å². The van der Waals surface area contributed by atoms with Crippen molar-refractivity contribution in [2.75, 3.05) is 0 Å². The summed E-state index contributed by atoms with van der Waals surface area (Å²) in [7, 11) is 1.97. The van der Waals surface area contributed by atoms with Crippen LogP contribution in [0.25, 0.3) is 11.3 Å². The van der Waals surface area contributed by atoms with Gasteiger partial charge in [-0.25, -0.2) is 4.99 Å². The monoisotopic (exact) mass is 200 g/mol. The summed E-state index contributed by atoms with van der Waals surface area (Å²) in [6, 6.07) is 9.68. The summed E-state index contributed by atoms with van der Waals surface area (Å²) in [5, 5.41) is 0.733. The Hall–Kier alpha value is -1.90. The molecule has 0 aromatic carbocycles. The Morgan fingerprint density at radius 2 is 2.07 bits per heavy atom. The largest absolute Gasteiger partial charge is 0.351 e. The molecule has 0 spiro atoms. The van der Waals surface area contributed by atoms with Crippen molar-refractivity contribution in [3.8, 4) is 11.3 Å². The third-order valence-corrected chi connectivity index (χ3v) is 2.29. The SMILES string of the molecule is CC(=O)N=c1cccc2n(C)cccc1-2. The molecular formula is C12H12N2O. The van der Waals surface area contributed by atoms with Crippen LogP contribution in [0.4, 0.5) is 0 Å². The van der Waals surface area contributed by atoms with E-state index in [2.05, 4.69) is 4.99 Å². The van der Waals surface area contributed by atoms with E-state index >= 15 is 0 Å².